The molecule has 5 nitrogen and oxygen atoms in total. The summed E-state index contributed by atoms with van der Waals surface area (Å²) in [6.45, 7) is 0. The van der Waals surface area contributed by atoms with Gasteiger partial charge in [-0.2, -0.15) is 10.1 Å². The Morgan fingerprint density at radius 2 is 1.23 bits per heavy atom. The first-order valence-electron chi connectivity index (χ1n) is 14.5. The molecule has 210 valence electrons. The van der Waals surface area contributed by atoms with Crippen molar-refractivity contribution >= 4 is 23.0 Å². The average molecular weight is 562 g/mol. The highest BCUT2D eigenvalue weighted by Gasteiger charge is 2.63. The molecule has 0 fully saturated rings. The number of benzene rings is 5. The van der Waals surface area contributed by atoms with Crippen LogP contribution < -0.4 is 9.75 Å². The van der Waals surface area contributed by atoms with Gasteiger partial charge < -0.3 is 4.74 Å². The van der Waals surface area contributed by atoms with E-state index in [9.17, 15) is 0 Å². The summed E-state index contributed by atoms with van der Waals surface area (Å²) in [7, 11) is 1.67. The van der Waals surface area contributed by atoms with E-state index in [0.29, 0.717) is 6.42 Å². The minimum Gasteiger partial charge on any atom is -0.497 e. The number of anilines is 1. The minimum absolute atomic E-state index is 0.0805. The van der Waals surface area contributed by atoms with Gasteiger partial charge in [-0.1, -0.05) is 121 Å². The van der Waals surface area contributed by atoms with Gasteiger partial charge in [0.05, 0.1) is 24.6 Å². The third-order valence-electron chi connectivity index (χ3n) is 8.59. The molecule has 0 N–H and O–H groups in total. The molecule has 5 aromatic rings. The molecular formula is C38H31N3O2. The molecule has 3 atom stereocenters. The Morgan fingerprint density at radius 3 is 1.84 bits per heavy atom. The van der Waals surface area contributed by atoms with Crippen molar-refractivity contribution in [3.05, 3.63) is 168 Å². The zero-order valence-corrected chi connectivity index (χ0v) is 23.9. The molecule has 0 bridgehead atoms. The molecule has 2 aliphatic heterocycles. The lowest BCUT2D eigenvalue weighted by atomic mass is 9.58. The maximum Gasteiger partial charge on any atom is 0.262 e. The lowest BCUT2D eigenvalue weighted by molar-refractivity contribution is -0.126. The van der Waals surface area contributed by atoms with E-state index in [1.807, 2.05) is 109 Å². The number of rotatable bonds is 6. The normalized spacial score (nSPS) is 21.4. The molecule has 2 aliphatic rings. The average Bonchev–Trinajstić information content (AvgIpc) is 3.39. The van der Waals surface area contributed by atoms with Gasteiger partial charge in [0.15, 0.2) is 0 Å². The van der Waals surface area contributed by atoms with Crippen LogP contribution in [0.5, 0.6) is 5.75 Å². The second kappa shape index (κ2) is 11.2. The Balaban J connectivity index is 1.55. The number of amides is 1. The van der Waals surface area contributed by atoms with Crippen LogP contribution in [0.25, 0.3) is 0 Å². The zero-order valence-electron chi connectivity index (χ0n) is 23.9. The summed E-state index contributed by atoms with van der Waals surface area (Å²) in [6.07, 6.45) is 0.569. The molecular weight excluding hydrogens is 530 g/mol. The monoisotopic (exact) mass is 561 g/mol. The fraction of sp³-hybridized carbons (Fsp3) is 0.132. The molecule has 5 aromatic carbocycles. The number of methoxy groups -OCH3 is 1. The molecule has 5 heteroatoms. The molecule has 0 aliphatic carbocycles. The van der Waals surface area contributed by atoms with Gasteiger partial charge in [0, 0.05) is 11.6 Å². The first kappa shape index (κ1) is 26.6. The number of para-hydroxylation sites is 1. The van der Waals surface area contributed by atoms with Crippen molar-refractivity contribution in [3.63, 3.8) is 0 Å². The smallest absolute Gasteiger partial charge is 0.262 e. The van der Waals surface area contributed by atoms with E-state index in [2.05, 4.69) is 36.4 Å². The van der Waals surface area contributed by atoms with Gasteiger partial charge in [-0.15, -0.1) is 0 Å². The summed E-state index contributed by atoms with van der Waals surface area (Å²) < 4.78 is 5.52. The van der Waals surface area contributed by atoms with E-state index in [1.165, 1.54) is 0 Å². The van der Waals surface area contributed by atoms with E-state index in [1.54, 1.807) is 12.1 Å². The maximum absolute atomic E-state index is 15.3. The second-order valence-corrected chi connectivity index (χ2v) is 10.9. The Morgan fingerprint density at radius 1 is 0.674 bits per heavy atom. The highest BCUT2D eigenvalue weighted by molar-refractivity contribution is 6.27. The van der Waals surface area contributed by atoms with Crippen molar-refractivity contribution in [3.8, 4) is 5.75 Å². The Bertz CT molecular complexity index is 1790. The highest BCUT2D eigenvalue weighted by atomic mass is 16.5. The maximum atomic E-state index is 15.3. The van der Waals surface area contributed by atoms with Gasteiger partial charge in [-0.25, -0.2) is 0 Å². The van der Waals surface area contributed by atoms with Crippen LogP contribution in [0.4, 0.5) is 5.69 Å². The quantitative estimate of drug-likeness (QED) is 0.212. The van der Waals surface area contributed by atoms with Crippen LogP contribution >= 0.6 is 0 Å². The van der Waals surface area contributed by atoms with E-state index in [0.717, 1.165) is 45.1 Å². The van der Waals surface area contributed by atoms with Crippen molar-refractivity contribution in [1.82, 2.24) is 0 Å². The third kappa shape index (κ3) is 4.54. The summed E-state index contributed by atoms with van der Waals surface area (Å²) in [5.74, 6) is 0.422. The number of carbonyl (C=O) groups excluding carboxylic acids is 1. The van der Waals surface area contributed by atoms with E-state index in [-0.39, 0.29) is 11.8 Å². The summed E-state index contributed by atoms with van der Waals surface area (Å²) in [4.78, 5) is 20.8. The Labute approximate surface area is 251 Å². The van der Waals surface area contributed by atoms with Gasteiger partial charge >= 0.3 is 0 Å². The van der Waals surface area contributed by atoms with Gasteiger partial charge in [-0.05, 0) is 52.9 Å². The zero-order chi connectivity index (χ0) is 29.2. The summed E-state index contributed by atoms with van der Waals surface area (Å²) in [6, 6.07) is 47.9. The minimum atomic E-state index is -1.12. The van der Waals surface area contributed by atoms with Crippen LogP contribution in [0.15, 0.2) is 156 Å². The van der Waals surface area contributed by atoms with E-state index in [4.69, 9.17) is 14.8 Å². The SMILES string of the molecule is COc1ccc([C@@H]2CC(c3ccccc3)=N[C@H](c3ccccc3)[C@]23C(=O)N(c2ccccc2)N=C3c2ccccc2)cc1. The van der Waals surface area contributed by atoms with Crippen LogP contribution in [0.3, 0.4) is 0 Å². The number of hydrogen-bond acceptors (Lipinski definition) is 4. The molecule has 43 heavy (non-hydrogen) atoms. The molecule has 0 saturated carbocycles. The fourth-order valence-electron chi connectivity index (χ4n) is 6.57. The molecule has 1 amide bonds. The summed E-state index contributed by atoms with van der Waals surface area (Å²) in [5.41, 5.74) is 5.29. The van der Waals surface area contributed by atoms with Crippen LogP contribution in [0.1, 0.15) is 40.6 Å². The van der Waals surface area contributed by atoms with Crippen molar-refractivity contribution in [2.75, 3.05) is 12.1 Å². The van der Waals surface area contributed by atoms with Gasteiger partial charge in [-0.3, -0.25) is 9.79 Å². The largest absolute Gasteiger partial charge is 0.497 e. The first-order valence-corrected chi connectivity index (χ1v) is 14.5. The lowest BCUT2D eigenvalue weighted by Gasteiger charge is -2.45. The van der Waals surface area contributed by atoms with Crippen LogP contribution in [0.2, 0.25) is 0 Å². The first-order chi connectivity index (χ1) is 21.2. The topological polar surface area (TPSA) is 54.3 Å². The van der Waals surface area contributed by atoms with Crippen LogP contribution in [0, 0.1) is 5.41 Å². The second-order valence-electron chi connectivity index (χ2n) is 10.9. The number of hydrogen-bond donors (Lipinski definition) is 0. The van der Waals surface area contributed by atoms with Crippen molar-refractivity contribution in [1.29, 1.82) is 0 Å². The van der Waals surface area contributed by atoms with Crippen LogP contribution in [-0.2, 0) is 4.79 Å². The number of aliphatic imine (C=N–C) groups is 1. The number of ether oxygens (including phenoxy) is 1. The molecule has 1 spiro atoms. The molecule has 0 saturated heterocycles. The van der Waals surface area contributed by atoms with Gasteiger partial charge in [0.2, 0.25) is 0 Å². The van der Waals surface area contributed by atoms with Gasteiger partial charge in [0.1, 0.15) is 11.2 Å². The predicted octanol–water partition coefficient (Wildman–Crippen LogP) is 7.85. The molecule has 7 rings (SSSR count). The van der Waals surface area contributed by atoms with E-state index < -0.39 is 11.5 Å². The van der Waals surface area contributed by atoms with Crippen molar-refractivity contribution in [2.45, 2.75) is 18.4 Å². The van der Waals surface area contributed by atoms with Crippen LogP contribution in [-0.4, -0.2) is 24.4 Å². The predicted molar refractivity (Wildman–Crippen MR) is 172 cm³/mol. The lowest BCUT2D eigenvalue weighted by Crippen LogP contribution is -2.51. The Hall–Kier alpha value is -5.29. The summed E-state index contributed by atoms with van der Waals surface area (Å²) in [5, 5.41) is 6.77. The summed E-state index contributed by atoms with van der Waals surface area (Å²) >= 11 is 0. The van der Waals surface area contributed by atoms with Crippen molar-refractivity contribution in [2.24, 2.45) is 15.5 Å². The molecule has 0 aromatic heterocycles. The third-order valence-corrected chi connectivity index (χ3v) is 8.59. The highest BCUT2D eigenvalue weighted by Crippen LogP contribution is 2.58. The van der Waals surface area contributed by atoms with E-state index >= 15 is 4.79 Å². The molecule has 2 heterocycles. The molecule has 0 radical (unpaired) electrons. The van der Waals surface area contributed by atoms with Gasteiger partial charge in [0.25, 0.3) is 5.91 Å². The fourth-order valence-corrected chi connectivity index (χ4v) is 6.57. The molecule has 0 unspecified atom stereocenters. The van der Waals surface area contributed by atoms with Crippen molar-refractivity contribution < 1.29 is 9.53 Å². The number of carbonyl (C=O) groups is 1. The number of hydrazone groups is 1. The Kier molecular flexibility index (Phi) is 6.92. The standard InChI is InChI=1S/C38H31N3O2/c1-43-32-24-22-27(23-25-32)33-26-34(28-14-6-2-7-15-28)39-35(29-16-8-3-9-17-29)38(33)36(30-18-10-4-11-19-30)40-41(37(38)42)31-20-12-5-13-21-31/h2-25,33,35H,26H2,1H3/t33-,35+,38+/m0/s1. The number of nitrogens with zero attached hydrogens (tertiary/aromatic N) is 3.